The van der Waals surface area contributed by atoms with Gasteiger partial charge in [-0.15, -0.1) is 11.6 Å². The Morgan fingerprint density at radius 2 is 1.86 bits per heavy atom. The minimum Gasteiger partial charge on any atom is -0.453 e. The molecule has 3 nitrogen and oxygen atoms in total. The fraction of sp³-hybridized carbons (Fsp3) is 0.412. The van der Waals surface area contributed by atoms with Gasteiger partial charge in [0.2, 0.25) is 0 Å². The number of alkyl halides is 1. The van der Waals surface area contributed by atoms with Gasteiger partial charge in [-0.2, -0.15) is 0 Å². The van der Waals surface area contributed by atoms with E-state index in [1.807, 2.05) is 13.0 Å². The van der Waals surface area contributed by atoms with Crippen molar-refractivity contribution in [1.82, 2.24) is 9.97 Å². The highest BCUT2D eigenvalue weighted by atomic mass is 35.5. The van der Waals surface area contributed by atoms with Gasteiger partial charge in [-0.05, 0) is 43.5 Å². The predicted molar refractivity (Wildman–Crippen MR) is 86.4 cm³/mol. The highest BCUT2D eigenvalue weighted by Gasteiger charge is 2.13. The largest absolute Gasteiger partial charge is 0.453 e. The Labute approximate surface area is 131 Å². The molecule has 0 aliphatic heterocycles. The summed E-state index contributed by atoms with van der Waals surface area (Å²) in [7, 11) is 0. The van der Waals surface area contributed by atoms with E-state index in [4.69, 9.17) is 16.3 Å². The van der Waals surface area contributed by atoms with E-state index in [0.29, 0.717) is 11.6 Å². The van der Waals surface area contributed by atoms with Gasteiger partial charge in [0.1, 0.15) is 17.3 Å². The third-order valence-electron chi connectivity index (χ3n) is 3.47. The number of hydrogen-bond acceptors (Lipinski definition) is 3. The van der Waals surface area contributed by atoms with Crippen molar-refractivity contribution in [2.24, 2.45) is 0 Å². The van der Waals surface area contributed by atoms with Gasteiger partial charge in [0.05, 0.1) is 12.1 Å². The number of ether oxygens (including phenoxy) is 1. The van der Waals surface area contributed by atoms with Crippen molar-refractivity contribution in [2.45, 2.75) is 46.4 Å². The molecule has 0 saturated heterocycles. The Morgan fingerprint density at radius 3 is 2.48 bits per heavy atom. The van der Waals surface area contributed by atoms with E-state index in [0.717, 1.165) is 22.8 Å². The molecule has 112 valence electrons. The van der Waals surface area contributed by atoms with Crippen molar-refractivity contribution in [3.63, 3.8) is 0 Å². The molecule has 2 rings (SSSR count). The fourth-order valence-corrected chi connectivity index (χ4v) is 2.30. The Balaban J connectivity index is 2.40. The number of rotatable bonds is 4. The van der Waals surface area contributed by atoms with Crippen LogP contribution < -0.4 is 4.74 Å². The van der Waals surface area contributed by atoms with Crippen molar-refractivity contribution in [3.8, 4) is 11.5 Å². The zero-order chi connectivity index (χ0) is 15.6. The Bertz CT molecular complexity index is 653. The van der Waals surface area contributed by atoms with Gasteiger partial charge < -0.3 is 4.74 Å². The van der Waals surface area contributed by atoms with E-state index in [1.54, 1.807) is 6.20 Å². The maximum Gasteiger partial charge on any atom is 0.168 e. The molecule has 0 aliphatic rings. The first-order valence-corrected chi connectivity index (χ1v) is 7.63. The minimum absolute atomic E-state index is 0.268. The average Bonchev–Trinajstić information content (AvgIpc) is 2.44. The monoisotopic (exact) mass is 304 g/mol. The van der Waals surface area contributed by atoms with E-state index >= 15 is 0 Å². The summed E-state index contributed by atoms with van der Waals surface area (Å²) in [6.45, 7) is 10.3. The molecule has 0 radical (unpaired) electrons. The molecule has 1 aromatic heterocycles. The number of hydrogen-bond donors (Lipinski definition) is 0. The Morgan fingerprint density at radius 1 is 1.14 bits per heavy atom. The van der Waals surface area contributed by atoms with E-state index < -0.39 is 0 Å². The lowest BCUT2D eigenvalue weighted by Crippen LogP contribution is -2.03. The summed E-state index contributed by atoms with van der Waals surface area (Å²) >= 11 is 6.01. The summed E-state index contributed by atoms with van der Waals surface area (Å²) in [6, 6.07) is 4.17. The second-order valence-electron chi connectivity index (χ2n) is 5.63. The molecular formula is C17H21ClN2O. The first-order valence-electron chi connectivity index (χ1n) is 7.09. The first-order chi connectivity index (χ1) is 9.92. The molecule has 0 fully saturated rings. The maximum absolute atomic E-state index is 6.02. The van der Waals surface area contributed by atoms with Crippen LogP contribution in [0.3, 0.4) is 0 Å². The maximum atomic E-state index is 6.02. The second kappa shape index (κ2) is 6.44. The topological polar surface area (TPSA) is 35.0 Å². The summed E-state index contributed by atoms with van der Waals surface area (Å²) in [5.74, 6) is 2.82. The van der Waals surface area contributed by atoms with Gasteiger partial charge in [0, 0.05) is 5.92 Å². The van der Waals surface area contributed by atoms with Crippen molar-refractivity contribution >= 4 is 11.6 Å². The first kappa shape index (κ1) is 15.8. The summed E-state index contributed by atoms with van der Waals surface area (Å²) in [6.07, 6.45) is 1.72. The second-order valence-corrected chi connectivity index (χ2v) is 5.90. The third-order valence-corrected chi connectivity index (χ3v) is 3.73. The molecule has 0 N–H and O–H groups in total. The Hall–Kier alpha value is -1.61. The highest BCUT2D eigenvalue weighted by molar-refractivity contribution is 6.17. The van der Waals surface area contributed by atoms with Gasteiger partial charge in [-0.25, -0.2) is 9.97 Å². The molecule has 0 bridgehead atoms. The predicted octanol–water partition coefficient (Wildman–Crippen LogP) is 5.06. The van der Waals surface area contributed by atoms with Gasteiger partial charge in [-0.3, -0.25) is 0 Å². The standard InChI is InChI=1S/C17H21ClN2O/c1-10(2)17-19-9-16(14(8-18)20-17)21-15-7-11(3)6-12(4)13(15)5/h6-7,9-10H,8H2,1-5H3. The summed E-state index contributed by atoms with van der Waals surface area (Å²) in [4.78, 5) is 8.86. The van der Waals surface area contributed by atoms with Crippen molar-refractivity contribution in [1.29, 1.82) is 0 Å². The Kier molecular flexibility index (Phi) is 4.84. The number of nitrogens with zero attached hydrogens (tertiary/aromatic N) is 2. The molecule has 4 heteroatoms. The molecule has 0 atom stereocenters. The van der Waals surface area contributed by atoms with Crippen LogP contribution in [-0.2, 0) is 5.88 Å². The number of halogens is 1. The summed E-state index contributed by atoms with van der Waals surface area (Å²) in [5, 5.41) is 0. The molecule has 0 amide bonds. The highest BCUT2D eigenvalue weighted by Crippen LogP contribution is 2.30. The third kappa shape index (κ3) is 3.53. The number of aromatic nitrogens is 2. The quantitative estimate of drug-likeness (QED) is 0.741. The van der Waals surface area contributed by atoms with Gasteiger partial charge in [0.25, 0.3) is 0 Å². The van der Waals surface area contributed by atoms with Crippen LogP contribution >= 0.6 is 11.6 Å². The SMILES string of the molecule is Cc1cc(C)c(C)c(Oc2cnc(C(C)C)nc2CCl)c1. The van der Waals surface area contributed by atoms with Crippen LogP contribution in [0.15, 0.2) is 18.3 Å². The van der Waals surface area contributed by atoms with Crippen LogP contribution in [0.25, 0.3) is 0 Å². The van der Waals surface area contributed by atoms with E-state index in [-0.39, 0.29) is 5.92 Å². The molecule has 1 heterocycles. The van der Waals surface area contributed by atoms with Crippen LogP contribution in [0, 0.1) is 20.8 Å². The van der Waals surface area contributed by atoms with Crippen LogP contribution in [-0.4, -0.2) is 9.97 Å². The molecule has 21 heavy (non-hydrogen) atoms. The lowest BCUT2D eigenvalue weighted by Gasteiger charge is -2.14. The lowest BCUT2D eigenvalue weighted by molar-refractivity contribution is 0.465. The fourth-order valence-electron chi connectivity index (χ4n) is 2.11. The van der Waals surface area contributed by atoms with Gasteiger partial charge >= 0.3 is 0 Å². The number of benzene rings is 1. The summed E-state index contributed by atoms with van der Waals surface area (Å²) < 4.78 is 6.02. The van der Waals surface area contributed by atoms with Crippen LogP contribution in [0.2, 0.25) is 0 Å². The average molecular weight is 305 g/mol. The molecule has 0 aliphatic carbocycles. The smallest absolute Gasteiger partial charge is 0.168 e. The van der Waals surface area contributed by atoms with E-state index in [2.05, 4.69) is 43.7 Å². The minimum atomic E-state index is 0.268. The van der Waals surface area contributed by atoms with E-state index in [9.17, 15) is 0 Å². The normalized spacial score (nSPS) is 11.0. The molecule has 0 spiro atoms. The van der Waals surface area contributed by atoms with Gasteiger partial charge in [0.15, 0.2) is 5.75 Å². The van der Waals surface area contributed by atoms with Crippen molar-refractivity contribution in [2.75, 3.05) is 0 Å². The molecule has 2 aromatic rings. The zero-order valence-corrected chi connectivity index (χ0v) is 14.0. The van der Waals surface area contributed by atoms with Gasteiger partial charge in [-0.1, -0.05) is 19.9 Å². The molecule has 0 unspecified atom stereocenters. The van der Waals surface area contributed by atoms with Crippen LogP contribution in [0.1, 0.15) is 48.0 Å². The zero-order valence-electron chi connectivity index (χ0n) is 13.2. The van der Waals surface area contributed by atoms with Crippen LogP contribution in [0.5, 0.6) is 11.5 Å². The molecule has 0 saturated carbocycles. The van der Waals surface area contributed by atoms with E-state index in [1.165, 1.54) is 11.1 Å². The van der Waals surface area contributed by atoms with Crippen LogP contribution in [0.4, 0.5) is 0 Å². The van der Waals surface area contributed by atoms with Crippen molar-refractivity contribution < 1.29 is 4.74 Å². The molecular weight excluding hydrogens is 284 g/mol. The lowest BCUT2D eigenvalue weighted by atomic mass is 10.1. The number of aryl methyl sites for hydroxylation is 2. The summed E-state index contributed by atoms with van der Waals surface area (Å²) in [5.41, 5.74) is 4.22. The molecule has 1 aromatic carbocycles. The van der Waals surface area contributed by atoms with Crippen molar-refractivity contribution in [3.05, 3.63) is 46.5 Å².